The highest BCUT2D eigenvalue weighted by Gasteiger charge is 2.36. The number of carbonyl (C=O) groups is 6. The number of benzene rings is 2. The van der Waals surface area contributed by atoms with Gasteiger partial charge in [-0.2, -0.15) is 0 Å². The second-order valence-corrected chi connectivity index (χ2v) is 16.1. The predicted molar refractivity (Wildman–Crippen MR) is 243 cm³/mol. The minimum Gasteiger partial charge on any atom is -0.388 e. The first-order valence-corrected chi connectivity index (χ1v) is 21.7. The molecular formula is C44H57N11O6S. The van der Waals surface area contributed by atoms with Crippen molar-refractivity contribution < 1.29 is 28.8 Å². The normalized spacial score (nSPS) is 18.0. The summed E-state index contributed by atoms with van der Waals surface area (Å²) in [4.78, 5) is 93.2. The largest absolute Gasteiger partial charge is 0.388 e. The Morgan fingerprint density at radius 1 is 0.952 bits per heavy atom. The van der Waals surface area contributed by atoms with E-state index in [1.54, 1.807) is 4.90 Å². The number of aryl methyl sites for hydroxylation is 1. The highest BCUT2D eigenvalue weighted by Crippen LogP contribution is 2.31. The van der Waals surface area contributed by atoms with Crippen LogP contribution in [0.25, 0.3) is 0 Å². The quantitative estimate of drug-likeness (QED) is 0.0701. The second-order valence-electron chi connectivity index (χ2n) is 15.0. The smallest absolute Gasteiger partial charge is 0.254 e. The van der Waals surface area contributed by atoms with Crippen LogP contribution in [0.2, 0.25) is 0 Å². The minimum absolute atomic E-state index is 0.0908. The molecule has 330 valence electrons. The number of para-hydroxylation sites is 1. The highest BCUT2D eigenvalue weighted by atomic mass is 32.2. The maximum Gasteiger partial charge on any atom is 0.254 e. The number of aliphatic imine (C=N–C) groups is 1. The van der Waals surface area contributed by atoms with Crippen LogP contribution in [-0.2, 0) is 30.5 Å². The molecule has 18 heteroatoms. The lowest BCUT2D eigenvalue weighted by molar-refractivity contribution is -0.132. The van der Waals surface area contributed by atoms with Crippen LogP contribution in [0.1, 0.15) is 53.8 Å². The van der Waals surface area contributed by atoms with Gasteiger partial charge in [0.25, 0.3) is 5.91 Å². The molecule has 3 aromatic rings. The van der Waals surface area contributed by atoms with Gasteiger partial charge < -0.3 is 35.0 Å². The van der Waals surface area contributed by atoms with E-state index in [4.69, 9.17) is 4.79 Å². The van der Waals surface area contributed by atoms with Gasteiger partial charge in [-0.05, 0) is 68.9 Å². The van der Waals surface area contributed by atoms with Gasteiger partial charge in [0.05, 0.1) is 10.8 Å². The van der Waals surface area contributed by atoms with Gasteiger partial charge in [0.15, 0.2) is 6.29 Å². The molecular weight excluding hydrogens is 811 g/mol. The molecule has 3 fully saturated rings. The molecule has 0 spiro atoms. The van der Waals surface area contributed by atoms with Crippen molar-refractivity contribution >= 4 is 78.2 Å². The Morgan fingerprint density at radius 3 is 2.35 bits per heavy atom. The fraction of sp³-hybridized carbons (Fsp3) is 0.432. The maximum absolute atomic E-state index is 13.2. The predicted octanol–water partition coefficient (Wildman–Crippen LogP) is 3.57. The fourth-order valence-electron chi connectivity index (χ4n) is 7.79. The Hall–Kier alpha value is -6.14. The van der Waals surface area contributed by atoms with Crippen LogP contribution in [0.15, 0.2) is 70.7 Å². The van der Waals surface area contributed by atoms with Crippen molar-refractivity contribution in [3.8, 4) is 0 Å². The molecule has 3 N–H and O–H groups in total. The molecule has 17 nitrogen and oxygen atoms in total. The molecule has 1 aromatic heterocycles. The lowest BCUT2D eigenvalue weighted by Crippen LogP contribution is -2.49. The number of allylic oxidation sites excluding steroid dienone is 1. The summed E-state index contributed by atoms with van der Waals surface area (Å²) >= 11 is 1.33. The summed E-state index contributed by atoms with van der Waals surface area (Å²) in [6.07, 6.45) is 4.34. The monoisotopic (exact) mass is 867 g/mol. The molecule has 0 aliphatic carbocycles. The van der Waals surface area contributed by atoms with Gasteiger partial charge >= 0.3 is 0 Å². The van der Waals surface area contributed by atoms with E-state index in [1.165, 1.54) is 18.0 Å². The summed E-state index contributed by atoms with van der Waals surface area (Å²) in [6.45, 7) is 14.7. The summed E-state index contributed by atoms with van der Waals surface area (Å²) in [7, 11) is 1.91. The van der Waals surface area contributed by atoms with Crippen molar-refractivity contribution in [2.45, 2.75) is 51.6 Å². The average molecular weight is 868 g/mol. The molecule has 0 radical (unpaired) electrons. The number of thioether (sulfide) groups is 1. The van der Waals surface area contributed by atoms with Crippen LogP contribution < -0.4 is 25.8 Å². The lowest BCUT2D eigenvalue weighted by atomic mass is 10.1. The third kappa shape index (κ3) is 13.2. The third-order valence-electron chi connectivity index (χ3n) is 11.0. The minimum atomic E-state index is -0.333. The first-order chi connectivity index (χ1) is 30.1. The zero-order chi connectivity index (χ0) is 44.4. The zero-order valence-electron chi connectivity index (χ0n) is 35.6. The number of fused-ring (bicyclic) bond motifs is 1. The first-order valence-electron chi connectivity index (χ1n) is 20.8. The van der Waals surface area contributed by atoms with Crippen LogP contribution in [0, 0.1) is 6.92 Å². The van der Waals surface area contributed by atoms with Crippen LogP contribution in [0.4, 0.5) is 23.0 Å². The molecule has 4 amide bonds. The number of aldehydes is 1. The molecule has 0 bridgehead atoms. The Kier molecular flexibility index (Phi) is 18.0. The summed E-state index contributed by atoms with van der Waals surface area (Å²) in [6, 6.07) is 17.6. The van der Waals surface area contributed by atoms with Crippen LogP contribution in [-0.4, -0.2) is 146 Å². The van der Waals surface area contributed by atoms with Gasteiger partial charge in [0, 0.05) is 120 Å². The Balaban J connectivity index is 0.000000645. The van der Waals surface area contributed by atoms with E-state index in [1.807, 2.05) is 74.2 Å². The number of piperazine rings is 2. The summed E-state index contributed by atoms with van der Waals surface area (Å²) < 4.78 is 0. The summed E-state index contributed by atoms with van der Waals surface area (Å²) in [5.74, 6) is 2.18. The number of hydrogen-bond donors (Lipinski definition) is 3. The van der Waals surface area contributed by atoms with Crippen molar-refractivity contribution in [3.05, 3.63) is 82.7 Å². The third-order valence-corrected chi connectivity index (χ3v) is 11.9. The van der Waals surface area contributed by atoms with Crippen molar-refractivity contribution in [2.24, 2.45) is 4.99 Å². The van der Waals surface area contributed by atoms with Gasteiger partial charge in [-0.1, -0.05) is 30.0 Å². The number of nitrogens with one attached hydrogen (secondary N) is 3. The number of rotatable bonds is 14. The number of anilines is 4. The lowest BCUT2D eigenvalue weighted by Gasteiger charge is -2.37. The van der Waals surface area contributed by atoms with Crippen molar-refractivity contribution in [1.82, 2.24) is 30.0 Å². The van der Waals surface area contributed by atoms with Gasteiger partial charge in [0.2, 0.25) is 17.7 Å². The molecule has 3 saturated heterocycles. The van der Waals surface area contributed by atoms with Crippen LogP contribution in [0.5, 0.6) is 0 Å². The van der Waals surface area contributed by atoms with Gasteiger partial charge in [-0.15, -0.1) is 0 Å². The first kappa shape index (κ1) is 46.9. The van der Waals surface area contributed by atoms with Gasteiger partial charge in [-0.3, -0.25) is 39.2 Å². The van der Waals surface area contributed by atoms with Crippen molar-refractivity contribution in [2.75, 3.05) is 92.3 Å². The molecule has 4 aliphatic rings. The molecule has 4 aliphatic heterocycles. The fourth-order valence-corrected chi connectivity index (χ4v) is 8.39. The highest BCUT2D eigenvalue weighted by molar-refractivity contribution is 8.03. The zero-order valence-corrected chi connectivity index (χ0v) is 36.4. The Labute approximate surface area is 367 Å². The van der Waals surface area contributed by atoms with E-state index < -0.39 is 0 Å². The van der Waals surface area contributed by atoms with E-state index >= 15 is 0 Å². The topological polar surface area (TPSA) is 193 Å². The van der Waals surface area contributed by atoms with Gasteiger partial charge in [-0.25, -0.2) is 9.97 Å². The summed E-state index contributed by atoms with van der Waals surface area (Å²) in [5.41, 5.74) is 3.77. The number of carbonyl (C=O) groups excluding carboxylic acids is 6. The number of amides is 4. The molecule has 1 atom stereocenters. The van der Waals surface area contributed by atoms with Gasteiger partial charge in [0.1, 0.15) is 24.2 Å². The van der Waals surface area contributed by atoms with E-state index in [9.17, 15) is 24.0 Å². The summed E-state index contributed by atoms with van der Waals surface area (Å²) in [5, 5.41) is 8.64. The van der Waals surface area contributed by atoms with Crippen LogP contribution in [0.3, 0.4) is 0 Å². The molecule has 1 unspecified atom stereocenters. The number of hydrogen-bond acceptors (Lipinski definition) is 15. The standard InChI is InChI=1S/C36H46N10O5S.C7H9N.CH2O/c1-25-39-31(38-24-52-29(23-47)21-37-2)20-32(40-25)44-12-10-42(11-13-44)9-3-4-35(50)45-16-14-43(15-17-45)27-5-7-30-26(18-27)22-46(36(30)51)28-6-8-33(48)41-34(49)19-28;1-8-7-5-3-2-4-6-7;1-2/h5,7,18,20-21,23,28H,2-4,6,8-17,19,22,24H2,1H3,(H,38,39,40)(H,41,48,49);2-6,8H,1H3;1H2/b29-21-;;. The second kappa shape index (κ2) is 23.7. The number of nitrogens with zero attached hydrogens (tertiary/aromatic N) is 8. The average Bonchev–Trinajstić information content (AvgIpc) is 3.52. The molecule has 0 saturated carbocycles. The van der Waals surface area contributed by atoms with Crippen molar-refractivity contribution in [3.63, 3.8) is 0 Å². The molecule has 62 heavy (non-hydrogen) atoms. The number of imide groups is 1. The maximum atomic E-state index is 13.2. The van der Waals surface area contributed by atoms with E-state index in [-0.39, 0.29) is 42.5 Å². The molecule has 5 heterocycles. The van der Waals surface area contributed by atoms with Crippen LogP contribution >= 0.6 is 11.8 Å². The molecule has 7 rings (SSSR count). The van der Waals surface area contributed by atoms with E-state index in [2.05, 4.69) is 58.4 Å². The Morgan fingerprint density at radius 2 is 1.68 bits per heavy atom. The molecule has 2 aromatic carbocycles. The number of aromatic nitrogens is 2. The Bertz CT molecular complexity index is 2060. The van der Waals surface area contributed by atoms with E-state index in [0.717, 1.165) is 81.3 Å². The SMILES string of the molecule is C=N/C=C(/C=O)SCNc1cc(N2CCN(CCCC(=O)N3CCN(c4ccc5c(c4)CN(C4CCC(=O)NC(=O)C4)C5=O)CC3)CC2)nc(C)n1.C=O.CNc1ccccc1. The van der Waals surface area contributed by atoms with E-state index in [0.29, 0.717) is 60.5 Å². The van der Waals surface area contributed by atoms with Crippen molar-refractivity contribution in [1.29, 1.82) is 0 Å².